The van der Waals surface area contributed by atoms with E-state index < -0.39 is 5.54 Å². The van der Waals surface area contributed by atoms with Gasteiger partial charge in [0.2, 0.25) is 5.91 Å². The highest BCUT2D eigenvalue weighted by Crippen LogP contribution is 2.33. The molecule has 0 aromatic heterocycles. The second-order valence-corrected chi connectivity index (χ2v) is 5.82. The van der Waals surface area contributed by atoms with Crippen LogP contribution in [0.5, 0.6) is 0 Å². The van der Waals surface area contributed by atoms with E-state index in [0.29, 0.717) is 12.1 Å². The Hall–Kier alpha value is -0.650. The second-order valence-electron chi connectivity index (χ2n) is 5.82. The van der Waals surface area contributed by atoms with E-state index >= 15 is 0 Å². The Morgan fingerprint density at radius 3 is 3.00 bits per heavy atom. The number of amides is 1. The van der Waals surface area contributed by atoms with E-state index in [0.717, 1.165) is 51.9 Å². The third-order valence-corrected chi connectivity index (χ3v) is 4.89. The van der Waals surface area contributed by atoms with E-state index in [4.69, 9.17) is 10.5 Å². The van der Waals surface area contributed by atoms with E-state index in [-0.39, 0.29) is 5.91 Å². The van der Waals surface area contributed by atoms with Gasteiger partial charge in [0.1, 0.15) is 0 Å². The molecule has 0 aromatic carbocycles. The van der Waals surface area contributed by atoms with Gasteiger partial charge in [0.05, 0.1) is 18.8 Å². The number of nitrogens with two attached hydrogens (primary N) is 1. The summed E-state index contributed by atoms with van der Waals surface area (Å²) in [6, 6.07) is 0.932. The van der Waals surface area contributed by atoms with Crippen LogP contribution in [-0.4, -0.2) is 55.2 Å². The molecule has 1 saturated heterocycles. The van der Waals surface area contributed by atoms with Crippen LogP contribution in [0.4, 0.5) is 0 Å². The molecule has 2 fully saturated rings. The molecule has 1 amide bonds. The number of ether oxygens (including phenoxy) is 1. The summed E-state index contributed by atoms with van der Waals surface area (Å²) in [6.45, 7) is 4.79. The fourth-order valence-corrected chi connectivity index (χ4v) is 3.60. The summed E-state index contributed by atoms with van der Waals surface area (Å²) in [4.78, 5) is 14.3. The number of rotatable bonds is 4. The van der Waals surface area contributed by atoms with Crippen LogP contribution in [0.15, 0.2) is 0 Å². The molecule has 1 aliphatic heterocycles. The molecular weight excluding hydrogens is 242 g/mol. The Balaban J connectivity index is 2.09. The van der Waals surface area contributed by atoms with E-state index in [1.54, 1.807) is 0 Å². The summed E-state index contributed by atoms with van der Waals surface area (Å²) >= 11 is 0. The molecule has 3 unspecified atom stereocenters. The first kappa shape index (κ1) is 14.8. The first-order valence-corrected chi connectivity index (χ1v) is 7.45. The van der Waals surface area contributed by atoms with Gasteiger partial charge in [-0.3, -0.25) is 9.69 Å². The highest BCUT2D eigenvalue weighted by Gasteiger charge is 2.43. The molecule has 0 radical (unpaired) electrons. The topological polar surface area (TPSA) is 67.6 Å². The predicted octanol–water partition coefficient (Wildman–Crippen LogP) is 0.483. The fraction of sp³-hybridized carbons (Fsp3) is 0.929. The molecule has 0 bridgehead atoms. The third kappa shape index (κ3) is 2.93. The van der Waals surface area contributed by atoms with Crippen molar-refractivity contribution in [1.29, 1.82) is 0 Å². The van der Waals surface area contributed by atoms with Crippen molar-refractivity contribution in [3.05, 3.63) is 0 Å². The summed E-state index contributed by atoms with van der Waals surface area (Å²) in [5.41, 5.74) is 5.11. The SMILES string of the molecule is CCC1COCCN1C1CCCC(NC)(C(N)=O)C1. The van der Waals surface area contributed by atoms with Crippen LogP contribution in [0.25, 0.3) is 0 Å². The molecule has 2 aliphatic rings. The molecule has 110 valence electrons. The lowest BCUT2D eigenvalue weighted by Gasteiger charge is -2.47. The molecule has 1 saturated carbocycles. The number of carbonyl (C=O) groups excluding carboxylic acids is 1. The van der Waals surface area contributed by atoms with Gasteiger partial charge in [-0.2, -0.15) is 0 Å². The molecule has 1 aliphatic carbocycles. The van der Waals surface area contributed by atoms with Crippen molar-refractivity contribution in [2.24, 2.45) is 5.73 Å². The number of morpholine rings is 1. The number of likely N-dealkylation sites (N-methyl/N-ethyl adjacent to an activating group) is 1. The molecule has 3 N–H and O–H groups in total. The standard InChI is InChI=1S/C14H27N3O2/c1-3-11-10-19-8-7-17(11)12-5-4-6-14(9-12,16-2)13(15)18/h11-12,16H,3-10H2,1-2H3,(H2,15,18). The summed E-state index contributed by atoms with van der Waals surface area (Å²) in [5.74, 6) is -0.207. The summed E-state index contributed by atoms with van der Waals surface area (Å²) in [5, 5.41) is 3.19. The molecule has 2 rings (SSSR count). The van der Waals surface area contributed by atoms with Crippen molar-refractivity contribution < 1.29 is 9.53 Å². The molecule has 1 heterocycles. The van der Waals surface area contributed by atoms with Crippen LogP contribution in [0.1, 0.15) is 39.0 Å². The molecule has 0 spiro atoms. The van der Waals surface area contributed by atoms with Gasteiger partial charge in [0.25, 0.3) is 0 Å². The number of primary amides is 1. The first-order chi connectivity index (χ1) is 9.13. The Morgan fingerprint density at radius 1 is 1.58 bits per heavy atom. The normalized spacial score (nSPS) is 37.2. The quantitative estimate of drug-likeness (QED) is 0.779. The lowest BCUT2D eigenvalue weighted by molar-refractivity contribution is -0.127. The van der Waals surface area contributed by atoms with Crippen molar-refractivity contribution in [3.8, 4) is 0 Å². The Bertz CT molecular complexity index is 324. The Morgan fingerprint density at radius 2 is 2.37 bits per heavy atom. The van der Waals surface area contributed by atoms with Crippen LogP contribution >= 0.6 is 0 Å². The van der Waals surface area contributed by atoms with E-state index in [1.807, 2.05) is 7.05 Å². The maximum absolute atomic E-state index is 11.8. The number of nitrogens with one attached hydrogen (secondary N) is 1. The molecule has 0 aromatic rings. The van der Waals surface area contributed by atoms with E-state index in [1.165, 1.54) is 0 Å². The van der Waals surface area contributed by atoms with Crippen LogP contribution in [-0.2, 0) is 9.53 Å². The van der Waals surface area contributed by atoms with Crippen LogP contribution < -0.4 is 11.1 Å². The average Bonchev–Trinajstić information content (AvgIpc) is 2.47. The van der Waals surface area contributed by atoms with E-state index in [2.05, 4.69) is 17.1 Å². The highest BCUT2D eigenvalue weighted by molar-refractivity contribution is 5.84. The van der Waals surface area contributed by atoms with Gasteiger partial charge in [0.15, 0.2) is 0 Å². The molecule has 19 heavy (non-hydrogen) atoms. The number of nitrogens with zero attached hydrogens (tertiary/aromatic N) is 1. The first-order valence-electron chi connectivity index (χ1n) is 7.45. The third-order valence-electron chi connectivity index (χ3n) is 4.89. The monoisotopic (exact) mass is 269 g/mol. The van der Waals surface area contributed by atoms with Gasteiger partial charge in [0, 0.05) is 18.6 Å². The molecule has 5 nitrogen and oxygen atoms in total. The summed E-state index contributed by atoms with van der Waals surface area (Å²) in [7, 11) is 1.85. The zero-order chi connectivity index (χ0) is 13.9. The predicted molar refractivity (Wildman–Crippen MR) is 74.8 cm³/mol. The Kier molecular flexibility index (Phi) is 4.81. The second kappa shape index (κ2) is 6.20. The van der Waals surface area contributed by atoms with Gasteiger partial charge in [-0.15, -0.1) is 0 Å². The van der Waals surface area contributed by atoms with Crippen molar-refractivity contribution >= 4 is 5.91 Å². The number of carbonyl (C=O) groups is 1. The number of hydrogen-bond donors (Lipinski definition) is 2. The minimum absolute atomic E-state index is 0.207. The fourth-order valence-electron chi connectivity index (χ4n) is 3.60. The lowest BCUT2D eigenvalue weighted by Crippen LogP contribution is -2.61. The zero-order valence-corrected chi connectivity index (χ0v) is 12.2. The zero-order valence-electron chi connectivity index (χ0n) is 12.2. The van der Waals surface area contributed by atoms with Gasteiger partial charge in [-0.1, -0.05) is 6.92 Å². The Labute approximate surface area is 115 Å². The van der Waals surface area contributed by atoms with Crippen molar-refractivity contribution in [3.63, 3.8) is 0 Å². The van der Waals surface area contributed by atoms with Gasteiger partial charge in [-0.05, 0) is 39.2 Å². The van der Waals surface area contributed by atoms with Crippen LogP contribution in [0.3, 0.4) is 0 Å². The summed E-state index contributed by atoms with van der Waals surface area (Å²) in [6.07, 6.45) is 5.00. The smallest absolute Gasteiger partial charge is 0.237 e. The van der Waals surface area contributed by atoms with Gasteiger partial charge < -0.3 is 15.8 Å². The maximum Gasteiger partial charge on any atom is 0.237 e. The summed E-state index contributed by atoms with van der Waals surface area (Å²) < 4.78 is 5.57. The minimum Gasteiger partial charge on any atom is -0.378 e. The van der Waals surface area contributed by atoms with Crippen molar-refractivity contribution in [2.75, 3.05) is 26.8 Å². The lowest BCUT2D eigenvalue weighted by atomic mass is 9.77. The average molecular weight is 269 g/mol. The van der Waals surface area contributed by atoms with Crippen LogP contribution in [0, 0.1) is 0 Å². The highest BCUT2D eigenvalue weighted by atomic mass is 16.5. The van der Waals surface area contributed by atoms with Gasteiger partial charge >= 0.3 is 0 Å². The largest absolute Gasteiger partial charge is 0.378 e. The molecule has 3 atom stereocenters. The number of hydrogen-bond acceptors (Lipinski definition) is 4. The van der Waals surface area contributed by atoms with Crippen LogP contribution in [0.2, 0.25) is 0 Å². The van der Waals surface area contributed by atoms with E-state index in [9.17, 15) is 4.79 Å². The maximum atomic E-state index is 11.8. The van der Waals surface area contributed by atoms with Crippen molar-refractivity contribution in [2.45, 2.75) is 56.7 Å². The van der Waals surface area contributed by atoms with Crippen molar-refractivity contribution in [1.82, 2.24) is 10.2 Å². The molecule has 5 heteroatoms. The molecular formula is C14H27N3O2. The minimum atomic E-state index is -0.514. The van der Waals surface area contributed by atoms with Gasteiger partial charge in [-0.25, -0.2) is 0 Å².